The minimum absolute atomic E-state index is 0.0162. The molecule has 174 valence electrons. The van der Waals surface area contributed by atoms with Gasteiger partial charge in [0.2, 0.25) is 5.13 Å². The molecule has 35 heavy (non-hydrogen) atoms. The van der Waals surface area contributed by atoms with Crippen LogP contribution in [-0.4, -0.2) is 24.9 Å². The molecule has 5 nitrogen and oxygen atoms in total. The fourth-order valence-corrected chi connectivity index (χ4v) is 6.00. The Kier molecular flexibility index (Phi) is 5.72. The molecule has 0 amide bonds. The van der Waals surface area contributed by atoms with Crippen molar-refractivity contribution in [3.63, 3.8) is 0 Å². The van der Waals surface area contributed by atoms with E-state index in [9.17, 15) is 0 Å². The van der Waals surface area contributed by atoms with E-state index >= 15 is 0 Å². The van der Waals surface area contributed by atoms with E-state index in [1.165, 1.54) is 15.6 Å². The van der Waals surface area contributed by atoms with Gasteiger partial charge in [-0.25, -0.2) is 9.99 Å². The minimum Gasteiger partial charge on any atom is -0.493 e. The second-order valence-corrected chi connectivity index (χ2v) is 10.1. The van der Waals surface area contributed by atoms with E-state index in [4.69, 9.17) is 19.6 Å². The van der Waals surface area contributed by atoms with Gasteiger partial charge in [-0.2, -0.15) is 5.10 Å². The van der Waals surface area contributed by atoms with Crippen molar-refractivity contribution < 1.29 is 9.47 Å². The highest BCUT2D eigenvalue weighted by Crippen LogP contribution is 2.42. The maximum Gasteiger partial charge on any atom is 0.207 e. The molecule has 0 N–H and O–H groups in total. The van der Waals surface area contributed by atoms with E-state index in [0.717, 1.165) is 34.1 Å². The highest BCUT2D eigenvalue weighted by atomic mass is 32.1. The summed E-state index contributed by atoms with van der Waals surface area (Å²) in [6, 6.07) is 25.2. The Morgan fingerprint density at radius 1 is 0.857 bits per heavy atom. The third-order valence-electron chi connectivity index (χ3n) is 6.24. The van der Waals surface area contributed by atoms with Crippen molar-refractivity contribution in [1.82, 2.24) is 4.98 Å². The summed E-state index contributed by atoms with van der Waals surface area (Å²) >= 11 is 3.33. The number of fused-ring (bicyclic) bond motifs is 1. The van der Waals surface area contributed by atoms with Gasteiger partial charge in [-0.3, -0.25) is 0 Å². The molecule has 0 spiro atoms. The number of thiophene rings is 1. The van der Waals surface area contributed by atoms with Crippen molar-refractivity contribution in [2.45, 2.75) is 12.5 Å². The minimum atomic E-state index is 0.0162. The molecular formula is C28H23N3O2S2. The zero-order valence-corrected chi connectivity index (χ0v) is 21.0. The van der Waals surface area contributed by atoms with Crippen LogP contribution in [0.3, 0.4) is 0 Å². The van der Waals surface area contributed by atoms with E-state index in [1.807, 2.05) is 12.1 Å². The maximum absolute atomic E-state index is 5.58. The van der Waals surface area contributed by atoms with Crippen molar-refractivity contribution in [2.24, 2.45) is 5.10 Å². The lowest BCUT2D eigenvalue weighted by Gasteiger charge is -2.22. The van der Waals surface area contributed by atoms with Crippen molar-refractivity contribution in [1.29, 1.82) is 0 Å². The van der Waals surface area contributed by atoms with Crippen LogP contribution in [0.1, 0.15) is 22.9 Å². The van der Waals surface area contributed by atoms with Gasteiger partial charge in [-0.05, 0) is 46.0 Å². The largest absolute Gasteiger partial charge is 0.493 e. The third kappa shape index (κ3) is 4.07. The third-order valence-corrected chi connectivity index (χ3v) is 7.99. The number of hydrazone groups is 1. The summed E-state index contributed by atoms with van der Waals surface area (Å²) in [6.45, 7) is 0. The normalized spacial score (nSPS) is 15.4. The summed E-state index contributed by atoms with van der Waals surface area (Å²) in [6.07, 6.45) is 0.793. The van der Waals surface area contributed by atoms with Crippen LogP contribution in [0.25, 0.3) is 22.0 Å². The maximum atomic E-state index is 5.58. The number of methoxy groups -OCH3 is 2. The predicted molar refractivity (Wildman–Crippen MR) is 145 cm³/mol. The quantitative estimate of drug-likeness (QED) is 0.245. The zero-order chi connectivity index (χ0) is 23.8. The van der Waals surface area contributed by atoms with E-state index in [-0.39, 0.29) is 6.04 Å². The Bertz CT molecular complexity index is 1520. The van der Waals surface area contributed by atoms with Crippen LogP contribution < -0.4 is 14.5 Å². The van der Waals surface area contributed by atoms with Crippen molar-refractivity contribution in [3.8, 4) is 22.8 Å². The number of nitrogens with zero attached hydrogens (tertiary/aromatic N) is 3. The lowest BCUT2D eigenvalue weighted by molar-refractivity contribution is 0.354. The summed E-state index contributed by atoms with van der Waals surface area (Å²) in [5.74, 6) is 1.43. The SMILES string of the molecule is COc1ccc([C@H]2CC(c3cccs3)=NN2c2nc(-c3ccc4ccccc4c3)cs2)cc1OC. The summed E-state index contributed by atoms with van der Waals surface area (Å²) in [5, 5.41) is 14.6. The number of aromatic nitrogens is 1. The summed E-state index contributed by atoms with van der Waals surface area (Å²) in [5.41, 5.74) is 4.25. The molecule has 0 bridgehead atoms. The summed E-state index contributed by atoms with van der Waals surface area (Å²) in [7, 11) is 3.32. The smallest absolute Gasteiger partial charge is 0.207 e. The first-order valence-corrected chi connectivity index (χ1v) is 13.1. The van der Waals surface area contributed by atoms with Crippen LogP contribution in [0.15, 0.2) is 88.7 Å². The van der Waals surface area contributed by atoms with Gasteiger partial charge in [0, 0.05) is 17.4 Å². The number of ether oxygens (including phenoxy) is 2. The van der Waals surface area contributed by atoms with Gasteiger partial charge in [0.05, 0.1) is 36.5 Å². The number of thiazole rings is 1. The molecular weight excluding hydrogens is 474 g/mol. The topological polar surface area (TPSA) is 47.0 Å². The average molecular weight is 498 g/mol. The Morgan fingerprint density at radius 2 is 1.71 bits per heavy atom. The highest BCUT2D eigenvalue weighted by Gasteiger charge is 2.32. The second kappa shape index (κ2) is 9.17. The summed E-state index contributed by atoms with van der Waals surface area (Å²) < 4.78 is 11.0. The number of hydrogen-bond donors (Lipinski definition) is 0. The van der Waals surface area contributed by atoms with Gasteiger partial charge in [0.1, 0.15) is 0 Å². The average Bonchev–Trinajstić information content (AvgIpc) is 3.68. The van der Waals surface area contributed by atoms with Gasteiger partial charge < -0.3 is 9.47 Å². The fraction of sp³-hybridized carbons (Fsp3) is 0.143. The van der Waals surface area contributed by atoms with Crippen LogP contribution in [0.4, 0.5) is 5.13 Å². The molecule has 0 fully saturated rings. The monoisotopic (exact) mass is 497 g/mol. The van der Waals surface area contributed by atoms with Crippen molar-refractivity contribution in [2.75, 3.05) is 19.2 Å². The van der Waals surface area contributed by atoms with Crippen LogP contribution in [0.2, 0.25) is 0 Å². The first-order chi connectivity index (χ1) is 17.2. The lowest BCUT2D eigenvalue weighted by Crippen LogP contribution is -2.18. The van der Waals surface area contributed by atoms with Crippen LogP contribution in [0.5, 0.6) is 11.5 Å². The first kappa shape index (κ1) is 21.8. The predicted octanol–water partition coefficient (Wildman–Crippen LogP) is 7.40. The van der Waals surface area contributed by atoms with Gasteiger partial charge in [-0.1, -0.05) is 48.5 Å². The number of anilines is 1. The number of benzene rings is 3. The van der Waals surface area contributed by atoms with Gasteiger partial charge in [-0.15, -0.1) is 22.7 Å². The molecule has 2 aromatic heterocycles. The molecule has 1 atom stereocenters. The van der Waals surface area contributed by atoms with Gasteiger partial charge >= 0.3 is 0 Å². The van der Waals surface area contributed by atoms with Gasteiger partial charge in [0.15, 0.2) is 11.5 Å². The first-order valence-electron chi connectivity index (χ1n) is 11.3. The lowest BCUT2D eigenvalue weighted by atomic mass is 10.0. The van der Waals surface area contributed by atoms with Crippen LogP contribution in [0, 0.1) is 0 Å². The van der Waals surface area contributed by atoms with E-state index < -0.39 is 0 Å². The van der Waals surface area contributed by atoms with Crippen molar-refractivity contribution in [3.05, 3.63) is 94.0 Å². The highest BCUT2D eigenvalue weighted by molar-refractivity contribution is 7.14. The number of rotatable bonds is 6. The molecule has 1 aliphatic rings. The number of hydrogen-bond acceptors (Lipinski definition) is 7. The Labute approximate surface area is 211 Å². The van der Waals surface area contributed by atoms with E-state index in [2.05, 4.69) is 76.4 Å². The Balaban J connectivity index is 1.39. The molecule has 7 heteroatoms. The van der Waals surface area contributed by atoms with Gasteiger partial charge in [0.25, 0.3) is 0 Å². The molecule has 6 rings (SSSR count). The van der Waals surface area contributed by atoms with E-state index in [1.54, 1.807) is 36.9 Å². The van der Waals surface area contributed by atoms with Crippen LogP contribution in [-0.2, 0) is 0 Å². The molecule has 1 aliphatic heterocycles. The Hall–Kier alpha value is -3.68. The zero-order valence-electron chi connectivity index (χ0n) is 19.3. The molecule has 3 aromatic carbocycles. The molecule has 0 saturated heterocycles. The standard InChI is InChI=1S/C28H23N3O2S2/c1-32-25-12-11-21(15-26(25)33-2)24-16-22(27-8-5-13-34-27)30-31(24)28-29-23(17-35-28)20-10-9-18-6-3-4-7-19(18)14-20/h3-15,17,24H,16H2,1-2H3/t24-/m1/s1. The molecule has 5 aromatic rings. The van der Waals surface area contributed by atoms with Crippen LogP contribution >= 0.6 is 22.7 Å². The molecule has 0 unspecified atom stereocenters. The van der Waals surface area contributed by atoms with E-state index in [0.29, 0.717) is 11.5 Å². The molecule has 0 radical (unpaired) electrons. The van der Waals surface area contributed by atoms with Crippen molar-refractivity contribution >= 4 is 44.3 Å². The molecule has 3 heterocycles. The Morgan fingerprint density at radius 3 is 2.51 bits per heavy atom. The summed E-state index contributed by atoms with van der Waals surface area (Å²) in [4.78, 5) is 6.21. The molecule has 0 saturated carbocycles. The fourth-order valence-electron chi connectivity index (χ4n) is 4.45. The second-order valence-electron chi connectivity index (χ2n) is 8.28. The molecule has 0 aliphatic carbocycles.